The van der Waals surface area contributed by atoms with E-state index in [1.807, 2.05) is 44.2 Å². The maximum absolute atomic E-state index is 6.00. The highest BCUT2D eigenvalue weighted by Crippen LogP contribution is 2.54. The molecule has 0 radical (unpaired) electrons. The maximum atomic E-state index is 6.00. The van der Waals surface area contributed by atoms with Crippen LogP contribution < -0.4 is 5.57 Å². The summed E-state index contributed by atoms with van der Waals surface area (Å²) in [6.07, 6.45) is 1.59. The number of aromatic nitrogens is 3. The van der Waals surface area contributed by atoms with Crippen LogP contribution in [0.5, 0.6) is 0 Å². The van der Waals surface area contributed by atoms with Crippen molar-refractivity contribution in [3.63, 3.8) is 0 Å². The van der Waals surface area contributed by atoms with Crippen molar-refractivity contribution < 1.29 is 4.52 Å². The van der Waals surface area contributed by atoms with Crippen molar-refractivity contribution >= 4 is 36.1 Å². The maximum Gasteiger partial charge on any atom is 0.208 e. The summed E-state index contributed by atoms with van der Waals surface area (Å²) in [4.78, 5) is 1.13. The lowest BCUT2D eigenvalue weighted by atomic mass is 10.4. The molecule has 0 spiro atoms. The van der Waals surface area contributed by atoms with Crippen LogP contribution in [-0.4, -0.2) is 20.4 Å². The SMILES string of the molecule is CC(C)OP(Sc1ccccc1)c1nncn1Cl. The molecule has 1 aromatic carbocycles. The molecular weight excluding hydrogens is 289 g/mol. The van der Waals surface area contributed by atoms with E-state index < -0.39 is 7.35 Å². The highest BCUT2D eigenvalue weighted by molar-refractivity contribution is 8.56. The summed E-state index contributed by atoms with van der Waals surface area (Å²) in [6.45, 7) is 3.99. The molecule has 4 nitrogen and oxygen atoms in total. The van der Waals surface area contributed by atoms with E-state index in [9.17, 15) is 0 Å². The van der Waals surface area contributed by atoms with Gasteiger partial charge in [0, 0.05) is 16.7 Å². The third-order valence-electron chi connectivity index (χ3n) is 1.89. The molecule has 2 aromatic rings. The minimum Gasteiger partial charge on any atom is -0.338 e. The standard InChI is InChI=1S/C11H13ClN3OPS/c1-9(2)16-17(11-14-13-8-15(11)12)18-10-6-4-3-5-7-10/h3-9H,1-2H3. The van der Waals surface area contributed by atoms with Crippen molar-refractivity contribution in [3.05, 3.63) is 36.7 Å². The monoisotopic (exact) mass is 301 g/mol. The van der Waals surface area contributed by atoms with Crippen LogP contribution in [-0.2, 0) is 4.52 Å². The molecule has 96 valence electrons. The van der Waals surface area contributed by atoms with Gasteiger partial charge in [-0.25, -0.2) is 4.09 Å². The average Bonchev–Trinajstić information content (AvgIpc) is 2.75. The van der Waals surface area contributed by atoms with Gasteiger partial charge in [-0.3, -0.25) is 0 Å². The highest BCUT2D eigenvalue weighted by atomic mass is 35.5. The summed E-state index contributed by atoms with van der Waals surface area (Å²) < 4.78 is 7.29. The van der Waals surface area contributed by atoms with Gasteiger partial charge in [0.15, 0.2) is 7.35 Å². The Labute approximate surface area is 116 Å². The molecule has 1 unspecified atom stereocenters. The molecule has 1 heterocycles. The van der Waals surface area contributed by atoms with E-state index in [1.165, 1.54) is 10.4 Å². The first kappa shape index (κ1) is 13.8. The largest absolute Gasteiger partial charge is 0.338 e. The molecule has 1 aromatic heterocycles. The van der Waals surface area contributed by atoms with Crippen LogP contribution in [0.3, 0.4) is 0 Å². The van der Waals surface area contributed by atoms with E-state index in [0.717, 1.165) is 4.90 Å². The summed E-state index contributed by atoms with van der Waals surface area (Å²) in [5, 5.41) is 7.82. The fourth-order valence-corrected chi connectivity index (χ4v) is 5.23. The summed E-state index contributed by atoms with van der Waals surface area (Å²) in [5.74, 6) is 0. The summed E-state index contributed by atoms with van der Waals surface area (Å²) in [5.41, 5.74) is 0.661. The van der Waals surface area contributed by atoms with Gasteiger partial charge in [-0.1, -0.05) is 29.6 Å². The quantitative estimate of drug-likeness (QED) is 0.793. The molecule has 0 aliphatic rings. The van der Waals surface area contributed by atoms with E-state index >= 15 is 0 Å². The van der Waals surface area contributed by atoms with Crippen molar-refractivity contribution in [2.24, 2.45) is 0 Å². The Kier molecular flexibility index (Phi) is 5.01. The van der Waals surface area contributed by atoms with Crippen LogP contribution in [0.1, 0.15) is 13.8 Å². The van der Waals surface area contributed by atoms with Gasteiger partial charge < -0.3 is 4.52 Å². The van der Waals surface area contributed by atoms with Crippen molar-refractivity contribution in [1.29, 1.82) is 0 Å². The second kappa shape index (κ2) is 6.53. The van der Waals surface area contributed by atoms with Gasteiger partial charge in [-0.15, -0.1) is 10.2 Å². The molecule has 0 aliphatic carbocycles. The average molecular weight is 302 g/mol. The number of rotatable bonds is 5. The van der Waals surface area contributed by atoms with Crippen LogP contribution in [0.2, 0.25) is 0 Å². The molecule has 18 heavy (non-hydrogen) atoms. The molecule has 0 saturated carbocycles. The number of hydrogen-bond acceptors (Lipinski definition) is 4. The van der Waals surface area contributed by atoms with Crippen LogP contribution in [0.4, 0.5) is 0 Å². The minimum absolute atomic E-state index is 0.112. The van der Waals surface area contributed by atoms with Gasteiger partial charge >= 0.3 is 0 Å². The molecule has 0 fully saturated rings. The van der Waals surface area contributed by atoms with Crippen molar-refractivity contribution in [2.75, 3.05) is 0 Å². The van der Waals surface area contributed by atoms with Crippen molar-refractivity contribution in [1.82, 2.24) is 14.3 Å². The van der Waals surface area contributed by atoms with Gasteiger partial charge in [0.25, 0.3) is 0 Å². The number of halogens is 1. The normalized spacial score (nSPS) is 12.9. The molecule has 7 heteroatoms. The lowest BCUT2D eigenvalue weighted by Crippen LogP contribution is -2.13. The van der Waals surface area contributed by atoms with Gasteiger partial charge in [-0.2, -0.15) is 0 Å². The van der Waals surface area contributed by atoms with Crippen LogP contribution in [0.25, 0.3) is 0 Å². The first-order chi connectivity index (χ1) is 8.66. The van der Waals surface area contributed by atoms with E-state index in [2.05, 4.69) is 10.2 Å². The molecular formula is C11H13ClN3OPS. The van der Waals surface area contributed by atoms with Crippen molar-refractivity contribution in [3.8, 4) is 0 Å². The molecule has 2 rings (SSSR count). The lowest BCUT2D eigenvalue weighted by molar-refractivity contribution is 0.280. The van der Waals surface area contributed by atoms with Gasteiger partial charge in [-0.05, 0) is 26.0 Å². The van der Waals surface area contributed by atoms with Crippen LogP contribution in [0.15, 0.2) is 41.6 Å². The molecule has 0 aliphatic heterocycles. The zero-order valence-corrected chi connectivity index (χ0v) is 12.5. The van der Waals surface area contributed by atoms with Crippen molar-refractivity contribution in [2.45, 2.75) is 24.8 Å². The predicted octanol–water partition coefficient (Wildman–Crippen LogP) is 3.43. The summed E-state index contributed by atoms with van der Waals surface area (Å²) >= 11 is 7.62. The van der Waals surface area contributed by atoms with Gasteiger partial charge in [0.05, 0.1) is 6.10 Å². The second-order valence-corrected chi connectivity index (χ2v) is 7.44. The van der Waals surface area contributed by atoms with Gasteiger partial charge in [0.2, 0.25) is 5.57 Å². The Hall–Kier alpha value is -0.610. The third kappa shape index (κ3) is 3.69. The van der Waals surface area contributed by atoms with Crippen LogP contribution in [0, 0.1) is 0 Å². The number of hydrogen-bond donors (Lipinski definition) is 0. The predicted molar refractivity (Wildman–Crippen MR) is 76.3 cm³/mol. The minimum atomic E-state index is -0.981. The van der Waals surface area contributed by atoms with E-state index in [-0.39, 0.29) is 6.10 Å². The highest BCUT2D eigenvalue weighted by Gasteiger charge is 2.22. The topological polar surface area (TPSA) is 39.9 Å². The number of benzene rings is 1. The van der Waals surface area contributed by atoms with Crippen LogP contribution >= 0.6 is 30.5 Å². The first-order valence-corrected chi connectivity index (χ1v) is 8.45. The third-order valence-corrected chi connectivity index (χ3v) is 6.03. The first-order valence-electron chi connectivity index (χ1n) is 5.43. The Morgan fingerprint density at radius 3 is 2.61 bits per heavy atom. The summed E-state index contributed by atoms with van der Waals surface area (Å²) in [6, 6.07) is 10.1. The lowest BCUT2D eigenvalue weighted by Gasteiger charge is -2.17. The van der Waals surface area contributed by atoms with E-state index in [1.54, 1.807) is 11.4 Å². The summed E-state index contributed by atoms with van der Waals surface area (Å²) in [7, 11) is -0.981. The molecule has 0 amide bonds. The fourth-order valence-electron chi connectivity index (χ4n) is 1.21. The number of nitrogens with zero attached hydrogens (tertiary/aromatic N) is 3. The Morgan fingerprint density at radius 2 is 2.06 bits per heavy atom. The molecule has 1 atom stereocenters. The second-order valence-electron chi connectivity index (χ2n) is 3.76. The van der Waals surface area contributed by atoms with Gasteiger partial charge in [0.1, 0.15) is 6.33 Å². The molecule has 0 bridgehead atoms. The zero-order valence-electron chi connectivity index (χ0n) is 10.0. The smallest absolute Gasteiger partial charge is 0.208 e. The van der Waals surface area contributed by atoms with E-state index in [0.29, 0.717) is 5.57 Å². The molecule has 0 N–H and O–H groups in total. The van der Waals surface area contributed by atoms with E-state index in [4.69, 9.17) is 16.3 Å². The molecule has 0 saturated heterocycles. The Balaban J connectivity index is 2.18. The zero-order chi connectivity index (χ0) is 13.0. The fraction of sp³-hybridized carbons (Fsp3) is 0.273. The Bertz CT molecular complexity index is 494. The Morgan fingerprint density at radius 1 is 1.33 bits per heavy atom.